The largest absolute Gasteiger partial charge is 0.491 e. The minimum Gasteiger partial charge on any atom is -0.491 e. The maximum atomic E-state index is 15.0. The summed E-state index contributed by atoms with van der Waals surface area (Å²) in [5.74, 6) is -3.57. The Balaban J connectivity index is 1.27. The molecule has 0 atom stereocenters. The molecule has 210 valence electrons. The van der Waals surface area contributed by atoms with E-state index in [0.717, 1.165) is 45.1 Å². The van der Waals surface area contributed by atoms with Crippen LogP contribution in [0.2, 0.25) is 0 Å². The van der Waals surface area contributed by atoms with Crippen LogP contribution in [0.3, 0.4) is 0 Å². The predicted molar refractivity (Wildman–Crippen MR) is 140 cm³/mol. The molecule has 0 amide bonds. The van der Waals surface area contributed by atoms with E-state index in [2.05, 4.69) is 6.92 Å². The molecule has 38 heavy (non-hydrogen) atoms. The van der Waals surface area contributed by atoms with E-state index in [0.29, 0.717) is 36.8 Å². The Morgan fingerprint density at radius 1 is 0.658 bits per heavy atom. The molecule has 0 aliphatic heterocycles. The van der Waals surface area contributed by atoms with Crippen molar-refractivity contribution in [1.82, 2.24) is 0 Å². The highest BCUT2D eigenvalue weighted by atomic mass is 19.2. The highest BCUT2D eigenvalue weighted by Gasteiger charge is 2.29. The average molecular weight is 537 g/mol. The summed E-state index contributed by atoms with van der Waals surface area (Å²) in [6, 6.07) is 6.43. The summed E-state index contributed by atoms with van der Waals surface area (Å²) < 4.78 is 75.8. The van der Waals surface area contributed by atoms with Crippen LogP contribution in [0.5, 0.6) is 5.75 Å². The lowest BCUT2D eigenvalue weighted by molar-refractivity contribution is 0.0116. The number of unbranched alkanes of at least 4 members (excludes halogenated alkanes) is 1. The molecule has 0 aromatic heterocycles. The fourth-order valence-electron chi connectivity index (χ4n) is 5.84. The van der Waals surface area contributed by atoms with Crippen molar-refractivity contribution < 1.29 is 31.8 Å². The van der Waals surface area contributed by atoms with Crippen molar-refractivity contribution in [3.63, 3.8) is 0 Å². The Labute approximate surface area is 223 Å². The average Bonchev–Trinajstić information content (AvgIpc) is 2.93. The van der Waals surface area contributed by atoms with Gasteiger partial charge in [-0.2, -0.15) is 4.39 Å². The summed E-state index contributed by atoms with van der Waals surface area (Å²) in [6.45, 7) is 4.87. The first kappa shape index (κ1) is 28.9. The molecular formula is C31H40F4O3. The number of ether oxygens (including phenoxy) is 3. The second-order valence-electron chi connectivity index (χ2n) is 10.6. The Morgan fingerprint density at radius 3 is 1.79 bits per heavy atom. The second-order valence-corrected chi connectivity index (χ2v) is 10.6. The standard InChI is InChI=1S/C31H40F4O3/c1-3-5-18-37-23-11-6-20(7-12-23)25-15-10-22(28(32)29(25)33)19-38-24-13-8-21(9-14-24)26-16-17-27(36-4-2)31(35)30(26)34/h10,15-17,20-21,23-24H,3-9,11-14,18-19H2,1-2H3. The van der Waals surface area contributed by atoms with Crippen LogP contribution < -0.4 is 4.74 Å². The van der Waals surface area contributed by atoms with Gasteiger partial charge in [0.2, 0.25) is 5.82 Å². The molecule has 0 radical (unpaired) electrons. The van der Waals surface area contributed by atoms with Gasteiger partial charge in [-0.3, -0.25) is 0 Å². The van der Waals surface area contributed by atoms with Crippen LogP contribution in [-0.4, -0.2) is 25.4 Å². The molecule has 7 heteroatoms. The van der Waals surface area contributed by atoms with Crippen molar-refractivity contribution in [3.8, 4) is 5.75 Å². The zero-order chi connectivity index (χ0) is 27.1. The van der Waals surface area contributed by atoms with Crippen molar-refractivity contribution in [2.45, 2.75) is 109 Å². The first-order valence-electron chi connectivity index (χ1n) is 14.2. The minimum atomic E-state index is -0.947. The van der Waals surface area contributed by atoms with Gasteiger partial charge in [-0.1, -0.05) is 31.5 Å². The maximum Gasteiger partial charge on any atom is 0.200 e. The van der Waals surface area contributed by atoms with Gasteiger partial charge in [0.05, 0.1) is 25.4 Å². The van der Waals surface area contributed by atoms with Gasteiger partial charge in [-0.15, -0.1) is 0 Å². The van der Waals surface area contributed by atoms with Crippen LogP contribution in [0.4, 0.5) is 17.6 Å². The molecule has 0 unspecified atom stereocenters. The van der Waals surface area contributed by atoms with Gasteiger partial charge in [-0.05, 0) is 93.7 Å². The minimum absolute atomic E-state index is 0.00797. The topological polar surface area (TPSA) is 27.7 Å². The van der Waals surface area contributed by atoms with E-state index in [1.165, 1.54) is 6.07 Å². The monoisotopic (exact) mass is 536 g/mol. The number of halogens is 4. The fraction of sp³-hybridized carbons (Fsp3) is 0.613. The van der Waals surface area contributed by atoms with Crippen molar-refractivity contribution in [1.29, 1.82) is 0 Å². The smallest absolute Gasteiger partial charge is 0.200 e. The van der Waals surface area contributed by atoms with E-state index in [-0.39, 0.29) is 48.6 Å². The fourth-order valence-corrected chi connectivity index (χ4v) is 5.84. The number of hydrogen-bond acceptors (Lipinski definition) is 3. The van der Waals surface area contributed by atoms with E-state index < -0.39 is 23.3 Å². The summed E-state index contributed by atoms with van der Waals surface area (Å²) in [6.07, 6.45) is 8.13. The highest BCUT2D eigenvalue weighted by molar-refractivity contribution is 5.33. The molecule has 0 spiro atoms. The third-order valence-corrected chi connectivity index (χ3v) is 8.12. The van der Waals surface area contributed by atoms with Crippen molar-refractivity contribution in [2.24, 2.45) is 0 Å². The quantitative estimate of drug-likeness (QED) is 0.212. The van der Waals surface area contributed by atoms with Crippen molar-refractivity contribution >= 4 is 0 Å². The van der Waals surface area contributed by atoms with E-state index in [4.69, 9.17) is 14.2 Å². The summed E-state index contributed by atoms with van der Waals surface area (Å²) in [5, 5.41) is 0. The van der Waals surface area contributed by atoms with Gasteiger partial charge in [0.1, 0.15) is 0 Å². The van der Waals surface area contributed by atoms with Gasteiger partial charge in [-0.25, -0.2) is 13.2 Å². The van der Waals surface area contributed by atoms with E-state index in [1.807, 2.05) is 0 Å². The molecule has 2 saturated carbocycles. The zero-order valence-corrected chi connectivity index (χ0v) is 22.5. The molecule has 0 saturated heterocycles. The number of rotatable bonds is 11. The lowest BCUT2D eigenvalue weighted by Gasteiger charge is -2.30. The van der Waals surface area contributed by atoms with Gasteiger partial charge < -0.3 is 14.2 Å². The molecule has 2 fully saturated rings. The summed E-state index contributed by atoms with van der Waals surface area (Å²) in [7, 11) is 0. The molecule has 0 N–H and O–H groups in total. The van der Waals surface area contributed by atoms with Crippen molar-refractivity contribution in [3.05, 3.63) is 64.2 Å². The van der Waals surface area contributed by atoms with Crippen LogP contribution >= 0.6 is 0 Å². The van der Waals surface area contributed by atoms with Crippen LogP contribution in [-0.2, 0) is 16.1 Å². The lowest BCUT2D eigenvalue weighted by atomic mass is 9.82. The lowest BCUT2D eigenvalue weighted by Crippen LogP contribution is -2.22. The molecule has 2 aromatic carbocycles. The van der Waals surface area contributed by atoms with Crippen LogP contribution in [0.1, 0.15) is 107 Å². The summed E-state index contributed by atoms with van der Waals surface area (Å²) in [5.41, 5.74) is 1.02. The molecule has 2 aliphatic carbocycles. The zero-order valence-electron chi connectivity index (χ0n) is 22.5. The van der Waals surface area contributed by atoms with Crippen LogP contribution in [0.25, 0.3) is 0 Å². The van der Waals surface area contributed by atoms with Gasteiger partial charge in [0.25, 0.3) is 0 Å². The Kier molecular flexibility index (Phi) is 10.5. The van der Waals surface area contributed by atoms with Crippen LogP contribution in [0.15, 0.2) is 24.3 Å². The first-order chi connectivity index (χ1) is 18.4. The first-order valence-corrected chi connectivity index (χ1v) is 14.2. The highest BCUT2D eigenvalue weighted by Crippen LogP contribution is 2.39. The van der Waals surface area contributed by atoms with E-state index >= 15 is 4.39 Å². The van der Waals surface area contributed by atoms with E-state index in [9.17, 15) is 13.2 Å². The second kappa shape index (κ2) is 13.8. The molecule has 2 aliphatic rings. The molecule has 0 bridgehead atoms. The summed E-state index contributed by atoms with van der Waals surface area (Å²) >= 11 is 0. The SMILES string of the molecule is CCCCOC1CCC(c2ccc(COC3CCC(c4ccc(OCC)c(F)c4F)CC3)c(F)c2F)CC1. The summed E-state index contributed by atoms with van der Waals surface area (Å²) in [4.78, 5) is 0. The van der Waals surface area contributed by atoms with Gasteiger partial charge in [0, 0.05) is 12.2 Å². The molecule has 4 rings (SSSR count). The molecule has 0 heterocycles. The third kappa shape index (κ3) is 6.90. The molecule has 3 nitrogen and oxygen atoms in total. The van der Waals surface area contributed by atoms with Crippen LogP contribution in [0, 0.1) is 23.3 Å². The van der Waals surface area contributed by atoms with E-state index in [1.54, 1.807) is 25.1 Å². The number of hydrogen-bond donors (Lipinski definition) is 0. The van der Waals surface area contributed by atoms with Gasteiger partial charge >= 0.3 is 0 Å². The normalized spacial score (nSPS) is 23.9. The van der Waals surface area contributed by atoms with Crippen molar-refractivity contribution in [2.75, 3.05) is 13.2 Å². The Hall–Kier alpha value is -2.12. The molecule has 2 aromatic rings. The third-order valence-electron chi connectivity index (χ3n) is 8.12. The Morgan fingerprint density at radius 2 is 1.21 bits per heavy atom. The molecular weight excluding hydrogens is 496 g/mol. The number of benzene rings is 2. The predicted octanol–water partition coefficient (Wildman–Crippen LogP) is 8.73. The Bertz CT molecular complexity index is 1040. The maximum absolute atomic E-state index is 15.0. The van der Waals surface area contributed by atoms with Gasteiger partial charge in [0.15, 0.2) is 23.2 Å².